The summed E-state index contributed by atoms with van der Waals surface area (Å²) in [5.74, 6) is 0. The summed E-state index contributed by atoms with van der Waals surface area (Å²) in [7, 11) is 0. The Hall–Kier alpha value is -1.69. The minimum atomic E-state index is -0.115. The highest BCUT2D eigenvalue weighted by atomic mass is 32.1. The summed E-state index contributed by atoms with van der Waals surface area (Å²) < 4.78 is 1.44. The maximum absolute atomic E-state index is 12.0. The molecule has 1 N–H and O–H groups in total. The first-order chi connectivity index (χ1) is 9.40. The van der Waals surface area contributed by atoms with Crippen LogP contribution in [0.4, 0.5) is 5.69 Å². The van der Waals surface area contributed by atoms with Crippen molar-refractivity contribution in [1.29, 1.82) is 0 Å². The van der Waals surface area contributed by atoms with Crippen molar-refractivity contribution in [2.24, 2.45) is 0 Å². The van der Waals surface area contributed by atoms with Crippen molar-refractivity contribution in [2.75, 3.05) is 11.9 Å². The standard InChI is InChI=1S/C14H20N4OS/c1-5-15-10-6-13(19)18(16-7-10)8-12-17-11(9-20-12)14(2,3)4/h6-7,9,15H,5,8H2,1-4H3. The molecule has 0 atom stereocenters. The van der Waals surface area contributed by atoms with Gasteiger partial charge in [-0.15, -0.1) is 11.3 Å². The van der Waals surface area contributed by atoms with Gasteiger partial charge in [-0.1, -0.05) is 20.8 Å². The minimum absolute atomic E-state index is 0.0298. The predicted octanol–water partition coefficient (Wildman–Crippen LogP) is 2.48. The van der Waals surface area contributed by atoms with E-state index >= 15 is 0 Å². The van der Waals surface area contributed by atoms with Crippen LogP contribution in [0.5, 0.6) is 0 Å². The van der Waals surface area contributed by atoms with E-state index in [1.54, 1.807) is 23.6 Å². The molecule has 0 aromatic carbocycles. The van der Waals surface area contributed by atoms with E-state index in [1.165, 1.54) is 4.68 Å². The van der Waals surface area contributed by atoms with Crippen molar-refractivity contribution >= 4 is 17.0 Å². The normalized spacial score (nSPS) is 11.6. The van der Waals surface area contributed by atoms with Crippen LogP contribution in [0, 0.1) is 0 Å². The lowest BCUT2D eigenvalue weighted by Crippen LogP contribution is -2.23. The number of hydrogen-bond acceptors (Lipinski definition) is 5. The summed E-state index contributed by atoms with van der Waals surface area (Å²) in [6, 6.07) is 1.56. The second kappa shape index (κ2) is 5.75. The van der Waals surface area contributed by atoms with E-state index in [9.17, 15) is 4.79 Å². The van der Waals surface area contributed by atoms with Crippen LogP contribution < -0.4 is 10.9 Å². The van der Waals surface area contributed by atoms with Gasteiger partial charge < -0.3 is 5.32 Å². The van der Waals surface area contributed by atoms with Crippen LogP contribution in [0.3, 0.4) is 0 Å². The van der Waals surface area contributed by atoms with E-state index in [0.29, 0.717) is 6.54 Å². The summed E-state index contributed by atoms with van der Waals surface area (Å²) in [5, 5.41) is 10.2. The molecule has 2 heterocycles. The highest BCUT2D eigenvalue weighted by Gasteiger charge is 2.17. The van der Waals surface area contributed by atoms with Gasteiger partial charge in [-0.2, -0.15) is 5.10 Å². The van der Waals surface area contributed by atoms with Crippen LogP contribution in [0.1, 0.15) is 38.4 Å². The molecule has 0 radical (unpaired) electrons. The van der Waals surface area contributed by atoms with Crippen molar-refractivity contribution in [3.05, 3.63) is 38.7 Å². The largest absolute Gasteiger partial charge is 0.384 e. The highest BCUT2D eigenvalue weighted by molar-refractivity contribution is 7.09. The molecule has 0 bridgehead atoms. The molecule has 0 saturated carbocycles. The molecule has 0 fully saturated rings. The fraction of sp³-hybridized carbons (Fsp3) is 0.500. The van der Waals surface area contributed by atoms with Gasteiger partial charge in [0.05, 0.1) is 24.1 Å². The number of nitrogens with one attached hydrogen (secondary N) is 1. The second-order valence-electron chi connectivity index (χ2n) is 5.65. The molecule has 5 nitrogen and oxygen atoms in total. The van der Waals surface area contributed by atoms with Crippen LogP contribution in [0.25, 0.3) is 0 Å². The Bertz CT molecular complexity index is 639. The third-order valence-corrected chi connectivity index (χ3v) is 3.69. The zero-order valence-corrected chi connectivity index (χ0v) is 13.1. The summed E-state index contributed by atoms with van der Waals surface area (Å²) in [6.45, 7) is 9.55. The van der Waals surface area contributed by atoms with E-state index < -0.39 is 0 Å². The number of anilines is 1. The Balaban J connectivity index is 2.18. The fourth-order valence-electron chi connectivity index (χ4n) is 1.71. The summed E-state index contributed by atoms with van der Waals surface area (Å²) in [5.41, 5.74) is 1.72. The molecule has 0 amide bonds. The number of nitrogens with zero attached hydrogens (tertiary/aromatic N) is 3. The van der Waals surface area contributed by atoms with Gasteiger partial charge in [0, 0.05) is 23.4 Å². The second-order valence-corrected chi connectivity index (χ2v) is 6.59. The van der Waals surface area contributed by atoms with Gasteiger partial charge in [0.25, 0.3) is 5.56 Å². The molecule has 20 heavy (non-hydrogen) atoms. The molecule has 0 aliphatic heterocycles. The van der Waals surface area contributed by atoms with E-state index in [4.69, 9.17) is 0 Å². The van der Waals surface area contributed by atoms with E-state index in [-0.39, 0.29) is 11.0 Å². The lowest BCUT2D eigenvalue weighted by Gasteiger charge is -2.14. The third kappa shape index (κ3) is 3.45. The SMILES string of the molecule is CCNc1cnn(Cc2nc(C(C)(C)C)cs2)c(=O)c1. The molecule has 0 spiro atoms. The van der Waals surface area contributed by atoms with Gasteiger partial charge in [0.2, 0.25) is 0 Å². The molecule has 0 aliphatic rings. The molecule has 6 heteroatoms. The van der Waals surface area contributed by atoms with Crippen LogP contribution >= 0.6 is 11.3 Å². The minimum Gasteiger partial charge on any atom is -0.384 e. The first-order valence-electron chi connectivity index (χ1n) is 6.66. The van der Waals surface area contributed by atoms with Gasteiger partial charge >= 0.3 is 0 Å². The molecular formula is C14H20N4OS. The van der Waals surface area contributed by atoms with Crippen molar-refractivity contribution < 1.29 is 0 Å². The van der Waals surface area contributed by atoms with E-state index in [1.807, 2.05) is 12.3 Å². The monoisotopic (exact) mass is 292 g/mol. The van der Waals surface area contributed by atoms with Gasteiger partial charge in [-0.05, 0) is 6.92 Å². The quantitative estimate of drug-likeness (QED) is 0.940. The average Bonchev–Trinajstić information content (AvgIpc) is 2.81. The first kappa shape index (κ1) is 14.7. The highest BCUT2D eigenvalue weighted by Crippen LogP contribution is 2.23. The third-order valence-electron chi connectivity index (χ3n) is 2.86. The smallest absolute Gasteiger partial charge is 0.269 e. The fourth-order valence-corrected chi connectivity index (χ4v) is 2.71. The number of rotatable bonds is 4. The maximum atomic E-state index is 12.0. The maximum Gasteiger partial charge on any atom is 0.269 e. The van der Waals surface area contributed by atoms with E-state index in [2.05, 4.69) is 36.2 Å². The number of thiazole rings is 1. The van der Waals surface area contributed by atoms with Gasteiger partial charge in [-0.25, -0.2) is 9.67 Å². The lowest BCUT2D eigenvalue weighted by atomic mass is 9.93. The van der Waals surface area contributed by atoms with Crippen LogP contribution in [-0.2, 0) is 12.0 Å². The van der Waals surface area contributed by atoms with Crippen LogP contribution in [0.2, 0.25) is 0 Å². The number of aromatic nitrogens is 3. The van der Waals surface area contributed by atoms with Gasteiger partial charge in [0.1, 0.15) is 5.01 Å². The van der Waals surface area contributed by atoms with Crippen LogP contribution in [-0.4, -0.2) is 21.3 Å². The average molecular weight is 292 g/mol. The van der Waals surface area contributed by atoms with Crippen molar-refractivity contribution in [3.8, 4) is 0 Å². The molecule has 2 aromatic heterocycles. The molecule has 0 unspecified atom stereocenters. The van der Waals surface area contributed by atoms with E-state index in [0.717, 1.165) is 22.9 Å². The Morgan fingerprint density at radius 3 is 2.70 bits per heavy atom. The van der Waals surface area contributed by atoms with Crippen molar-refractivity contribution in [3.63, 3.8) is 0 Å². The van der Waals surface area contributed by atoms with Crippen LogP contribution in [0.15, 0.2) is 22.4 Å². The lowest BCUT2D eigenvalue weighted by molar-refractivity contribution is 0.565. The first-order valence-corrected chi connectivity index (χ1v) is 7.54. The zero-order chi connectivity index (χ0) is 14.8. The molecule has 0 saturated heterocycles. The molecule has 108 valence electrons. The Kier molecular flexibility index (Phi) is 4.23. The summed E-state index contributed by atoms with van der Waals surface area (Å²) in [6.07, 6.45) is 1.67. The Labute approximate surface area is 122 Å². The Morgan fingerprint density at radius 1 is 1.40 bits per heavy atom. The van der Waals surface area contributed by atoms with Crippen molar-refractivity contribution in [1.82, 2.24) is 14.8 Å². The Morgan fingerprint density at radius 2 is 2.15 bits per heavy atom. The summed E-state index contributed by atoms with van der Waals surface area (Å²) in [4.78, 5) is 16.5. The molecular weight excluding hydrogens is 272 g/mol. The molecule has 2 aromatic rings. The van der Waals surface area contributed by atoms with Gasteiger partial charge in [0.15, 0.2) is 0 Å². The molecule has 2 rings (SSSR count). The summed E-state index contributed by atoms with van der Waals surface area (Å²) >= 11 is 1.57. The zero-order valence-electron chi connectivity index (χ0n) is 12.3. The topological polar surface area (TPSA) is 59.8 Å². The number of hydrogen-bond donors (Lipinski definition) is 1. The van der Waals surface area contributed by atoms with Gasteiger partial charge in [-0.3, -0.25) is 4.79 Å². The predicted molar refractivity (Wildman–Crippen MR) is 82.6 cm³/mol. The molecule has 0 aliphatic carbocycles. The van der Waals surface area contributed by atoms with Crippen molar-refractivity contribution in [2.45, 2.75) is 39.7 Å².